The fraction of sp³-hybridized carbons (Fsp3) is 0.455. The molecule has 0 spiro atoms. The fourth-order valence-electron chi connectivity index (χ4n) is 1.49. The number of alkyl halides is 2. The summed E-state index contributed by atoms with van der Waals surface area (Å²) in [7, 11) is 0. The summed E-state index contributed by atoms with van der Waals surface area (Å²) in [4.78, 5) is 0. The van der Waals surface area contributed by atoms with Crippen molar-refractivity contribution in [3.05, 3.63) is 33.8 Å². The number of halogens is 4. The van der Waals surface area contributed by atoms with Gasteiger partial charge >= 0.3 is 0 Å². The molecule has 0 aliphatic rings. The van der Waals surface area contributed by atoms with Gasteiger partial charge in [0.1, 0.15) is 0 Å². The molecule has 0 fully saturated rings. The minimum atomic E-state index is -2.36. The molecule has 16 heavy (non-hydrogen) atoms. The maximum absolute atomic E-state index is 12.1. The standard InChI is InChI=1S/C11H13Cl2F2N/c1-2-10(16-6-11(14)15)8-4-3-7(12)5-9(8)13/h3-5,10-11,16H,2,6H2,1H3. The minimum absolute atomic E-state index is 0.168. The Morgan fingerprint density at radius 3 is 2.50 bits per heavy atom. The van der Waals surface area contributed by atoms with Gasteiger partial charge in [-0.1, -0.05) is 36.2 Å². The lowest BCUT2D eigenvalue weighted by Crippen LogP contribution is -2.26. The highest BCUT2D eigenvalue weighted by Crippen LogP contribution is 2.27. The molecule has 0 radical (unpaired) electrons. The lowest BCUT2D eigenvalue weighted by molar-refractivity contribution is 0.141. The second-order valence-corrected chi connectivity index (χ2v) is 4.27. The summed E-state index contributed by atoms with van der Waals surface area (Å²) in [5.41, 5.74) is 0.800. The summed E-state index contributed by atoms with van der Waals surface area (Å²) < 4.78 is 24.2. The van der Waals surface area contributed by atoms with E-state index in [4.69, 9.17) is 23.2 Å². The van der Waals surface area contributed by atoms with Gasteiger partial charge in [0.2, 0.25) is 0 Å². The molecule has 0 heterocycles. The van der Waals surface area contributed by atoms with Crippen molar-refractivity contribution in [2.24, 2.45) is 0 Å². The van der Waals surface area contributed by atoms with Crippen molar-refractivity contribution in [2.75, 3.05) is 6.54 Å². The Labute approximate surface area is 104 Å². The van der Waals surface area contributed by atoms with E-state index in [2.05, 4.69) is 5.32 Å². The molecule has 1 unspecified atom stereocenters. The van der Waals surface area contributed by atoms with E-state index in [0.717, 1.165) is 5.56 Å². The highest BCUT2D eigenvalue weighted by molar-refractivity contribution is 6.35. The van der Waals surface area contributed by atoms with Crippen LogP contribution in [0, 0.1) is 0 Å². The Morgan fingerprint density at radius 1 is 1.31 bits per heavy atom. The first kappa shape index (κ1) is 13.7. The zero-order valence-corrected chi connectivity index (χ0v) is 10.3. The summed E-state index contributed by atoms with van der Waals surface area (Å²) >= 11 is 11.8. The number of hydrogen-bond donors (Lipinski definition) is 1. The highest BCUT2D eigenvalue weighted by Gasteiger charge is 2.14. The second-order valence-electron chi connectivity index (χ2n) is 3.43. The molecule has 0 aliphatic carbocycles. The van der Waals surface area contributed by atoms with Gasteiger partial charge in [-0.2, -0.15) is 0 Å². The first-order chi connectivity index (χ1) is 7.54. The van der Waals surface area contributed by atoms with Crippen LogP contribution in [-0.4, -0.2) is 13.0 Å². The van der Waals surface area contributed by atoms with E-state index in [0.29, 0.717) is 16.5 Å². The van der Waals surface area contributed by atoms with Crippen LogP contribution in [-0.2, 0) is 0 Å². The van der Waals surface area contributed by atoms with Crippen LogP contribution in [0.2, 0.25) is 10.0 Å². The van der Waals surface area contributed by atoms with Crippen LogP contribution in [0.4, 0.5) is 8.78 Å². The van der Waals surface area contributed by atoms with E-state index >= 15 is 0 Å². The van der Waals surface area contributed by atoms with Crippen LogP contribution >= 0.6 is 23.2 Å². The van der Waals surface area contributed by atoms with Crippen molar-refractivity contribution in [1.82, 2.24) is 5.32 Å². The molecule has 1 aromatic carbocycles. The molecule has 0 bridgehead atoms. The van der Waals surface area contributed by atoms with Crippen LogP contribution in [0.5, 0.6) is 0 Å². The third kappa shape index (κ3) is 3.89. The Bertz CT molecular complexity index is 345. The number of nitrogens with one attached hydrogen (secondary N) is 1. The molecular formula is C11H13Cl2F2N. The van der Waals surface area contributed by atoms with Crippen molar-refractivity contribution < 1.29 is 8.78 Å². The molecule has 0 saturated heterocycles. The maximum atomic E-state index is 12.1. The zero-order valence-electron chi connectivity index (χ0n) is 8.81. The smallest absolute Gasteiger partial charge is 0.250 e. The Kier molecular flexibility index (Phi) is 5.46. The molecule has 0 amide bonds. The molecule has 0 saturated carbocycles. The predicted octanol–water partition coefficient (Wildman–Crippen LogP) is 4.30. The molecule has 5 heteroatoms. The van der Waals surface area contributed by atoms with E-state index in [1.165, 1.54) is 0 Å². The van der Waals surface area contributed by atoms with Crippen LogP contribution in [0.25, 0.3) is 0 Å². The molecule has 1 aromatic rings. The fourth-order valence-corrected chi connectivity index (χ4v) is 2.03. The van der Waals surface area contributed by atoms with Gasteiger partial charge in [0, 0.05) is 16.1 Å². The second kappa shape index (κ2) is 6.38. The van der Waals surface area contributed by atoms with Crippen molar-refractivity contribution in [1.29, 1.82) is 0 Å². The zero-order chi connectivity index (χ0) is 12.1. The Balaban J connectivity index is 2.78. The molecule has 0 aliphatic heterocycles. The lowest BCUT2D eigenvalue weighted by Gasteiger charge is -2.18. The van der Waals surface area contributed by atoms with Gasteiger partial charge in [-0.25, -0.2) is 8.78 Å². The van der Waals surface area contributed by atoms with Gasteiger partial charge in [-0.15, -0.1) is 0 Å². The monoisotopic (exact) mass is 267 g/mol. The van der Waals surface area contributed by atoms with E-state index in [-0.39, 0.29) is 12.6 Å². The van der Waals surface area contributed by atoms with Gasteiger partial charge in [-0.3, -0.25) is 0 Å². The normalized spacial score (nSPS) is 13.1. The summed E-state index contributed by atoms with van der Waals surface area (Å²) in [5.74, 6) is 0. The van der Waals surface area contributed by atoms with Crippen molar-refractivity contribution in [3.63, 3.8) is 0 Å². The summed E-state index contributed by atoms with van der Waals surface area (Å²) in [6.07, 6.45) is -1.67. The van der Waals surface area contributed by atoms with Gasteiger partial charge < -0.3 is 5.32 Å². The predicted molar refractivity (Wildman–Crippen MR) is 63.5 cm³/mol. The molecular weight excluding hydrogens is 255 g/mol. The molecule has 1 N–H and O–H groups in total. The van der Waals surface area contributed by atoms with E-state index in [1.54, 1.807) is 18.2 Å². The average molecular weight is 268 g/mol. The van der Waals surface area contributed by atoms with Gasteiger partial charge in [0.05, 0.1) is 6.54 Å². The molecule has 1 atom stereocenters. The molecule has 1 rings (SSSR count). The Hall–Kier alpha value is -0.380. The van der Waals surface area contributed by atoms with Gasteiger partial charge in [-0.05, 0) is 24.1 Å². The van der Waals surface area contributed by atoms with Crippen LogP contribution in [0.1, 0.15) is 24.9 Å². The lowest BCUT2D eigenvalue weighted by atomic mass is 10.0. The molecule has 0 aromatic heterocycles. The summed E-state index contributed by atoms with van der Waals surface area (Å²) in [6.45, 7) is 1.57. The van der Waals surface area contributed by atoms with Crippen LogP contribution in [0.15, 0.2) is 18.2 Å². The molecule has 1 nitrogen and oxygen atoms in total. The van der Waals surface area contributed by atoms with Gasteiger partial charge in [0.15, 0.2) is 0 Å². The first-order valence-electron chi connectivity index (χ1n) is 5.01. The van der Waals surface area contributed by atoms with Crippen LogP contribution in [0.3, 0.4) is 0 Å². The highest BCUT2D eigenvalue weighted by atomic mass is 35.5. The SMILES string of the molecule is CCC(NCC(F)F)c1ccc(Cl)cc1Cl. The largest absolute Gasteiger partial charge is 0.304 e. The maximum Gasteiger partial charge on any atom is 0.250 e. The first-order valence-corrected chi connectivity index (χ1v) is 5.76. The summed E-state index contributed by atoms with van der Waals surface area (Å²) in [6, 6.07) is 4.91. The van der Waals surface area contributed by atoms with Crippen molar-refractivity contribution in [2.45, 2.75) is 25.8 Å². The van der Waals surface area contributed by atoms with Crippen molar-refractivity contribution >= 4 is 23.2 Å². The van der Waals surface area contributed by atoms with E-state index in [1.807, 2.05) is 6.92 Å². The van der Waals surface area contributed by atoms with E-state index in [9.17, 15) is 8.78 Å². The average Bonchev–Trinajstić information content (AvgIpc) is 2.21. The number of rotatable bonds is 5. The third-order valence-electron chi connectivity index (χ3n) is 2.26. The van der Waals surface area contributed by atoms with Gasteiger partial charge in [0.25, 0.3) is 6.43 Å². The third-order valence-corrected chi connectivity index (χ3v) is 2.83. The van der Waals surface area contributed by atoms with Crippen LogP contribution < -0.4 is 5.32 Å². The van der Waals surface area contributed by atoms with Crippen molar-refractivity contribution in [3.8, 4) is 0 Å². The molecule has 90 valence electrons. The van der Waals surface area contributed by atoms with E-state index < -0.39 is 6.43 Å². The minimum Gasteiger partial charge on any atom is -0.304 e. The number of hydrogen-bond acceptors (Lipinski definition) is 1. The number of benzene rings is 1. The topological polar surface area (TPSA) is 12.0 Å². The Morgan fingerprint density at radius 2 is 2.00 bits per heavy atom. The quantitative estimate of drug-likeness (QED) is 0.839. The summed E-state index contributed by atoms with van der Waals surface area (Å²) in [5, 5.41) is 3.81.